The molecule has 0 fully saturated rings. The molecule has 0 radical (unpaired) electrons. The molecule has 2 rings (SSSR count). The minimum atomic E-state index is -0.298. The van der Waals surface area contributed by atoms with Gasteiger partial charge in [0, 0.05) is 18.3 Å². The Kier molecular flexibility index (Phi) is 7.11. The van der Waals surface area contributed by atoms with Crippen molar-refractivity contribution in [3.63, 3.8) is 0 Å². The zero-order chi connectivity index (χ0) is 17.2. The topological polar surface area (TPSA) is 70.6 Å². The average molecular weight is 328 g/mol. The van der Waals surface area contributed by atoms with Crippen LogP contribution in [0.4, 0.5) is 10.5 Å². The van der Waals surface area contributed by atoms with Gasteiger partial charge in [-0.2, -0.15) is 0 Å². The smallest absolute Gasteiger partial charge is 0.319 e. The fourth-order valence-electron chi connectivity index (χ4n) is 2.23. The highest BCUT2D eigenvalue weighted by molar-refractivity contribution is 5.89. The summed E-state index contributed by atoms with van der Waals surface area (Å²) in [6, 6.07) is 14.5. The molecule has 2 aromatic carbocycles. The van der Waals surface area contributed by atoms with Crippen LogP contribution >= 0.6 is 0 Å². The van der Waals surface area contributed by atoms with E-state index in [0.717, 1.165) is 29.7 Å². The van der Waals surface area contributed by atoms with Gasteiger partial charge in [-0.1, -0.05) is 43.7 Å². The molecule has 0 aliphatic heterocycles. The van der Waals surface area contributed by atoms with Crippen LogP contribution in [0.2, 0.25) is 0 Å². The van der Waals surface area contributed by atoms with E-state index in [1.807, 2.05) is 42.5 Å². The molecule has 2 amide bonds. The summed E-state index contributed by atoms with van der Waals surface area (Å²) in [5, 5.41) is 14.9. The molecule has 0 bridgehead atoms. The summed E-state index contributed by atoms with van der Waals surface area (Å²) in [6.45, 7) is 3.09. The van der Waals surface area contributed by atoms with Crippen LogP contribution < -0.4 is 15.4 Å². The Morgan fingerprint density at radius 3 is 2.67 bits per heavy atom. The summed E-state index contributed by atoms with van der Waals surface area (Å²) < 4.78 is 5.63. The fourth-order valence-corrected chi connectivity index (χ4v) is 2.23. The van der Waals surface area contributed by atoms with Crippen molar-refractivity contribution in [2.45, 2.75) is 32.9 Å². The van der Waals surface area contributed by atoms with Crippen LogP contribution in [0.25, 0.3) is 0 Å². The van der Waals surface area contributed by atoms with Crippen molar-refractivity contribution in [1.82, 2.24) is 5.32 Å². The van der Waals surface area contributed by atoms with Crippen LogP contribution in [-0.4, -0.2) is 17.7 Å². The largest absolute Gasteiger partial charge is 0.494 e. The van der Waals surface area contributed by atoms with E-state index in [-0.39, 0.29) is 12.6 Å². The van der Waals surface area contributed by atoms with Gasteiger partial charge in [0.2, 0.25) is 0 Å². The van der Waals surface area contributed by atoms with Crippen molar-refractivity contribution in [3.05, 3.63) is 59.7 Å². The number of hydrogen-bond donors (Lipinski definition) is 3. The number of hydrogen-bond acceptors (Lipinski definition) is 3. The third-order valence-corrected chi connectivity index (χ3v) is 3.59. The van der Waals surface area contributed by atoms with Gasteiger partial charge < -0.3 is 20.5 Å². The number of ether oxygens (including phenoxy) is 1. The van der Waals surface area contributed by atoms with Gasteiger partial charge in [0.05, 0.1) is 13.2 Å². The van der Waals surface area contributed by atoms with Crippen molar-refractivity contribution in [3.8, 4) is 5.75 Å². The van der Waals surface area contributed by atoms with Crippen LogP contribution in [0.3, 0.4) is 0 Å². The van der Waals surface area contributed by atoms with E-state index < -0.39 is 0 Å². The van der Waals surface area contributed by atoms with Crippen LogP contribution in [0.5, 0.6) is 5.75 Å². The third-order valence-electron chi connectivity index (χ3n) is 3.59. The molecule has 0 atom stereocenters. The number of carbonyl (C=O) groups is 1. The minimum Gasteiger partial charge on any atom is -0.494 e. The molecule has 0 heterocycles. The quantitative estimate of drug-likeness (QED) is 0.647. The van der Waals surface area contributed by atoms with Crippen LogP contribution in [-0.2, 0) is 13.2 Å². The Labute approximate surface area is 142 Å². The second-order valence-corrected chi connectivity index (χ2v) is 5.46. The molecule has 0 aromatic heterocycles. The Hall–Kier alpha value is -2.53. The Balaban J connectivity index is 1.87. The van der Waals surface area contributed by atoms with Crippen molar-refractivity contribution >= 4 is 11.7 Å². The van der Waals surface area contributed by atoms with E-state index in [9.17, 15) is 9.90 Å². The highest BCUT2D eigenvalue weighted by Crippen LogP contribution is 2.17. The van der Waals surface area contributed by atoms with E-state index in [1.165, 1.54) is 0 Å². The SMILES string of the molecule is CCCCOc1cccc(NC(=O)NCc2ccccc2CO)c1. The van der Waals surface area contributed by atoms with Crippen molar-refractivity contribution < 1.29 is 14.6 Å². The van der Waals surface area contributed by atoms with Crippen molar-refractivity contribution in [2.75, 3.05) is 11.9 Å². The van der Waals surface area contributed by atoms with Crippen molar-refractivity contribution in [2.24, 2.45) is 0 Å². The van der Waals surface area contributed by atoms with Gasteiger partial charge in [0.1, 0.15) is 5.75 Å². The molecule has 128 valence electrons. The summed E-state index contributed by atoms with van der Waals surface area (Å²) in [5.41, 5.74) is 2.38. The van der Waals surface area contributed by atoms with Gasteiger partial charge in [-0.3, -0.25) is 0 Å². The molecule has 24 heavy (non-hydrogen) atoms. The maximum atomic E-state index is 12.0. The predicted molar refractivity (Wildman–Crippen MR) is 95.1 cm³/mol. The summed E-state index contributed by atoms with van der Waals surface area (Å²) in [5.74, 6) is 0.742. The molecule has 0 saturated carbocycles. The Morgan fingerprint density at radius 1 is 1.12 bits per heavy atom. The Morgan fingerprint density at radius 2 is 1.92 bits per heavy atom. The number of nitrogens with one attached hydrogen (secondary N) is 2. The van der Waals surface area contributed by atoms with Crippen LogP contribution in [0.1, 0.15) is 30.9 Å². The van der Waals surface area contributed by atoms with E-state index in [2.05, 4.69) is 17.6 Å². The zero-order valence-electron chi connectivity index (χ0n) is 13.9. The second-order valence-electron chi connectivity index (χ2n) is 5.46. The van der Waals surface area contributed by atoms with Crippen LogP contribution in [0, 0.1) is 0 Å². The lowest BCUT2D eigenvalue weighted by molar-refractivity contribution is 0.251. The van der Waals surface area contributed by atoms with Gasteiger partial charge in [-0.25, -0.2) is 4.79 Å². The fraction of sp³-hybridized carbons (Fsp3) is 0.316. The van der Waals surface area contributed by atoms with Crippen molar-refractivity contribution in [1.29, 1.82) is 0 Å². The molecule has 5 nitrogen and oxygen atoms in total. The van der Waals surface area contributed by atoms with E-state index in [1.54, 1.807) is 6.07 Å². The lowest BCUT2D eigenvalue weighted by Gasteiger charge is -2.11. The highest BCUT2D eigenvalue weighted by atomic mass is 16.5. The monoisotopic (exact) mass is 328 g/mol. The van der Waals surface area contributed by atoms with E-state index in [4.69, 9.17) is 4.74 Å². The average Bonchev–Trinajstić information content (AvgIpc) is 2.61. The van der Waals surface area contributed by atoms with Gasteiger partial charge in [-0.05, 0) is 29.7 Å². The summed E-state index contributed by atoms with van der Waals surface area (Å²) in [6.07, 6.45) is 2.08. The number of carbonyl (C=O) groups excluding carboxylic acids is 1. The number of urea groups is 1. The van der Waals surface area contributed by atoms with Gasteiger partial charge in [0.15, 0.2) is 0 Å². The second kappa shape index (κ2) is 9.57. The number of aliphatic hydroxyl groups excluding tert-OH is 1. The first kappa shape index (κ1) is 17.8. The van der Waals surface area contributed by atoms with Gasteiger partial charge >= 0.3 is 6.03 Å². The van der Waals surface area contributed by atoms with E-state index in [0.29, 0.717) is 18.8 Å². The molecular formula is C19H24N2O3. The maximum absolute atomic E-state index is 12.0. The first-order valence-corrected chi connectivity index (χ1v) is 8.18. The first-order chi connectivity index (χ1) is 11.7. The van der Waals surface area contributed by atoms with Crippen LogP contribution in [0.15, 0.2) is 48.5 Å². The number of amides is 2. The highest BCUT2D eigenvalue weighted by Gasteiger charge is 2.05. The molecule has 2 aromatic rings. The zero-order valence-corrected chi connectivity index (χ0v) is 13.9. The molecule has 0 spiro atoms. The Bertz CT molecular complexity index is 659. The predicted octanol–water partition coefficient (Wildman–Crippen LogP) is 3.68. The number of anilines is 1. The van der Waals surface area contributed by atoms with Gasteiger partial charge in [-0.15, -0.1) is 0 Å². The maximum Gasteiger partial charge on any atom is 0.319 e. The number of unbranched alkanes of at least 4 members (excludes halogenated alkanes) is 1. The summed E-state index contributed by atoms with van der Waals surface area (Å²) >= 11 is 0. The van der Waals surface area contributed by atoms with E-state index >= 15 is 0 Å². The third kappa shape index (κ3) is 5.59. The summed E-state index contributed by atoms with van der Waals surface area (Å²) in [7, 11) is 0. The number of rotatable bonds is 8. The lowest BCUT2D eigenvalue weighted by Crippen LogP contribution is -2.28. The summed E-state index contributed by atoms with van der Waals surface area (Å²) in [4.78, 5) is 12.0. The minimum absolute atomic E-state index is 0.0450. The standard InChI is InChI=1S/C19H24N2O3/c1-2-3-11-24-18-10-6-9-17(12-18)21-19(23)20-13-15-7-4-5-8-16(15)14-22/h4-10,12,22H,2-3,11,13-14H2,1H3,(H2,20,21,23). The normalized spacial score (nSPS) is 10.2. The molecule has 0 aliphatic rings. The van der Waals surface area contributed by atoms with Gasteiger partial charge in [0.25, 0.3) is 0 Å². The molecule has 0 aliphatic carbocycles. The molecule has 0 unspecified atom stereocenters. The number of benzene rings is 2. The lowest BCUT2D eigenvalue weighted by atomic mass is 10.1. The molecule has 5 heteroatoms. The molecular weight excluding hydrogens is 304 g/mol. The molecule has 3 N–H and O–H groups in total. The molecule has 0 saturated heterocycles. The first-order valence-electron chi connectivity index (χ1n) is 8.18. The number of aliphatic hydroxyl groups is 1.